The molecule has 1 aromatic carbocycles. The first-order chi connectivity index (χ1) is 13.7. The molecule has 1 aliphatic rings. The van der Waals surface area contributed by atoms with Crippen molar-refractivity contribution in [1.29, 1.82) is 0 Å². The minimum Gasteiger partial charge on any atom is -0.484 e. The van der Waals surface area contributed by atoms with E-state index in [-0.39, 0.29) is 18.3 Å². The lowest BCUT2D eigenvalue weighted by Gasteiger charge is -2.34. The lowest BCUT2D eigenvalue weighted by atomic mass is 10.3. The second kappa shape index (κ2) is 8.81. The maximum Gasteiger partial charge on any atom is 0.260 e. The number of benzene rings is 1. The summed E-state index contributed by atoms with van der Waals surface area (Å²) in [6.07, 6.45) is 0. The molecule has 146 valence electrons. The number of nitrogens with zero attached hydrogens (tertiary/aromatic N) is 3. The fourth-order valence-electron chi connectivity index (χ4n) is 3.03. The standard InChI is InChI=1S/C20H20FN3O2S2/c21-15-3-5-16(6-4-15)26-13-20(25)24-9-7-23(8-10-24)12-19-22-17(14-28-19)18-2-1-11-27-18/h1-6,11,14H,7-10,12-13H2. The van der Waals surface area contributed by atoms with Crippen LogP contribution in [0, 0.1) is 5.82 Å². The van der Waals surface area contributed by atoms with E-state index in [9.17, 15) is 9.18 Å². The summed E-state index contributed by atoms with van der Waals surface area (Å²) in [5.41, 5.74) is 1.04. The highest BCUT2D eigenvalue weighted by molar-refractivity contribution is 7.14. The molecule has 3 aromatic rings. The Hall–Kier alpha value is -2.29. The molecule has 2 aromatic heterocycles. The van der Waals surface area contributed by atoms with Crippen molar-refractivity contribution in [2.24, 2.45) is 0 Å². The molecule has 1 fully saturated rings. The van der Waals surface area contributed by atoms with Crippen LogP contribution in [0.15, 0.2) is 47.2 Å². The van der Waals surface area contributed by atoms with Crippen molar-refractivity contribution >= 4 is 28.6 Å². The van der Waals surface area contributed by atoms with Crippen molar-refractivity contribution < 1.29 is 13.9 Å². The largest absolute Gasteiger partial charge is 0.484 e. The summed E-state index contributed by atoms with van der Waals surface area (Å²) in [5, 5.41) is 5.26. The minimum atomic E-state index is -0.322. The van der Waals surface area contributed by atoms with Crippen molar-refractivity contribution in [3.63, 3.8) is 0 Å². The van der Waals surface area contributed by atoms with Gasteiger partial charge in [-0.2, -0.15) is 0 Å². The highest BCUT2D eigenvalue weighted by Gasteiger charge is 2.22. The molecule has 0 spiro atoms. The van der Waals surface area contributed by atoms with Crippen LogP contribution in [0.3, 0.4) is 0 Å². The Kier molecular flexibility index (Phi) is 5.99. The number of rotatable bonds is 6. The van der Waals surface area contributed by atoms with Crippen LogP contribution in [0.5, 0.6) is 5.75 Å². The van der Waals surface area contributed by atoms with Gasteiger partial charge in [-0.1, -0.05) is 6.07 Å². The molecule has 0 N–H and O–H groups in total. The number of hydrogen-bond donors (Lipinski definition) is 0. The van der Waals surface area contributed by atoms with E-state index in [4.69, 9.17) is 9.72 Å². The first-order valence-electron chi connectivity index (χ1n) is 9.04. The molecule has 0 aliphatic carbocycles. The van der Waals surface area contributed by atoms with Gasteiger partial charge in [0, 0.05) is 31.6 Å². The van der Waals surface area contributed by atoms with E-state index in [1.807, 2.05) is 11.0 Å². The van der Waals surface area contributed by atoms with E-state index < -0.39 is 0 Å². The first kappa shape index (κ1) is 19.0. The highest BCUT2D eigenvalue weighted by Crippen LogP contribution is 2.26. The van der Waals surface area contributed by atoms with E-state index in [2.05, 4.69) is 21.7 Å². The molecule has 0 bridgehead atoms. The first-order valence-corrected chi connectivity index (χ1v) is 10.8. The number of carbonyl (C=O) groups excluding carboxylic acids is 1. The van der Waals surface area contributed by atoms with Crippen molar-refractivity contribution in [2.75, 3.05) is 32.8 Å². The van der Waals surface area contributed by atoms with Crippen molar-refractivity contribution in [3.8, 4) is 16.3 Å². The molecule has 1 saturated heterocycles. The lowest BCUT2D eigenvalue weighted by Crippen LogP contribution is -2.49. The van der Waals surface area contributed by atoms with Gasteiger partial charge in [0.25, 0.3) is 5.91 Å². The number of thiophene rings is 1. The predicted octanol–water partition coefficient (Wildman–Crippen LogP) is 3.73. The number of aromatic nitrogens is 1. The van der Waals surface area contributed by atoms with Gasteiger partial charge in [0.2, 0.25) is 0 Å². The van der Waals surface area contributed by atoms with Crippen LogP contribution in [-0.4, -0.2) is 53.5 Å². The summed E-state index contributed by atoms with van der Waals surface area (Å²) in [7, 11) is 0. The average Bonchev–Trinajstić information content (AvgIpc) is 3.40. The molecular weight excluding hydrogens is 397 g/mol. The van der Waals surface area contributed by atoms with Crippen LogP contribution in [0.2, 0.25) is 0 Å². The van der Waals surface area contributed by atoms with Crippen molar-refractivity contribution in [2.45, 2.75) is 6.54 Å². The Bertz CT molecular complexity index is 904. The van der Waals surface area contributed by atoms with E-state index in [1.165, 1.54) is 29.1 Å². The number of ether oxygens (including phenoxy) is 1. The van der Waals surface area contributed by atoms with E-state index in [0.717, 1.165) is 30.3 Å². The van der Waals surface area contributed by atoms with Gasteiger partial charge in [-0.3, -0.25) is 9.69 Å². The van der Waals surface area contributed by atoms with Crippen LogP contribution >= 0.6 is 22.7 Å². The summed E-state index contributed by atoms with van der Waals surface area (Å²) in [6, 6.07) is 9.82. The highest BCUT2D eigenvalue weighted by atomic mass is 32.1. The molecule has 0 unspecified atom stereocenters. The third-order valence-electron chi connectivity index (χ3n) is 4.59. The predicted molar refractivity (Wildman–Crippen MR) is 109 cm³/mol. The van der Waals surface area contributed by atoms with Crippen LogP contribution in [0.25, 0.3) is 10.6 Å². The fourth-order valence-corrected chi connectivity index (χ4v) is 4.63. The summed E-state index contributed by atoms with van der Waals surface area (Å²) >= 11 is 3.38. The molecule has 1 aliphatic heterocycles. The molecule has 0 radical (unpaired) electrons. The fraction of sp³-hybridized carbons (Fsp3) is 0.300. The zero-order valence-electron chi connectivity index (χ0n) is 15.2. The third kappa shape index (κ3) is 4.76. The minimum absolute atomic E-state index is 0.0255. The smallest absolute Gasteiger partial charge is 0.260 e. The summed E-state index contributed by atoms with van der Waals surface area (Å²) < 4.78 is 18.4. The molecule has 5 nitrogen and oxygen atoms in total. The van der Waals surface area contributed by atoms with E-state index >= 15 is 0 Å². The topological polar surface area (TPSA) is 45.7 Å². The number of piperazine rings is 1. The Morgan fingerprint density at radius 2 is 1.89 bits per heavy atom. The molecular formula is C20H20FN3O2S2. The van der Waals surface area contributed by atoms with Gasteiger partial charge in [-0.25, -0.2) is 9.37 Å². The molecule has 1 amide bonds. The van der Waals surface area contributed by atoms with Crippen molar-refractivity contribution in [1.82, 2.24) is 14.8 Å². The van der Waals surface area contributed by atoms with Gasteiger partial charge in [0.1, 0.15) is 16.6 Å². The van der Waals surface area contributed by atoms with Gasteiger partial charge in [0.05, 0.1) is 17.1 Å². The van der Waals surface area contributed by atoms with Gasteiger partial charge in [0.15, 0.2) is 6.61 Å². The van der Waals surface area contributed by atoms with Crippen LogP contribution in [0.1, 0.15) is 5.01 Å². The number of hydrogen-bond acceptors (Lipinski definition) is 6. The number of halogens is 1. The van der Waals surface area contributed by atoms with Gasteiger partial charge >= 0.3 is 0 Å². The third-order valence-corrected chi connectivity index (χ3v) is 6.31. The van der Waals surface area contributed by atoms with E-state index in [0.29, 0.717) is 18.8 Å². The van der Waals surface area contributed by atoms with Crippen LogP contribution in [-0.2, 0) is 11.3 Å². The SMILES string of the molecule is O=C(COc1ccc(F)cc1)N1CCN(Cc2nc(-c3cccs3)cs2)CC1. The summed E-state index contributed by atoms with van der Waals surface area (Å²) in [4.78, 5) is 22.4. The van der Waals surface area contributed by atoms with Gasteiger partial charge in [-0.15, -0.1) is 22.7 Å². The van der Waals surface area contributed by atoms with E-state index in [1.54, 1.807) is 22.7 Å². The van der Waals surface area contributed by atoms with Crippen LogP contribution in [0.4, 0.5) is 4.39 Å². The number of amides is 1. The Morgan fingerprint density at radius 1 is 1.11 bits per heavy atom. The number of thiazole rings is 1. The molecule has 4 rings (SSSR count). The second-order valence-corrected chi connectivity index (χ2v) is 8.39. The molecule has 28 heavy (non-hydrogen) atoms. The maximum absolute atomic E-state index is 12.9. The Labute approximate surface area is 171 Å². The summed E-state index contributed by atoms with van der Waals surface area (Å²) in [5.74, 6) is 0.134. The van der Waals surface area contributed by atoms with Gasteiger partial charge < -0.3 is 9.64 Å². The Balaban J connectivity index is 1.23. The number of carbonyl (C=O) groups is 1. The zero-order chi connectivity index (χ0) is 19.3. The Morgan fingerprint density at radius 3 is 2.61 bits per heavy atom. The molecule has 0 atom stereocenters. The van der Waals surface area contributed by atoms with Crippen LogP contribution < -0.4 is 4.74 Å². The monoisotopic (exact) mass is 417 g/mol. The normalized spacial score (nSPS) is 15.0. The molecule has 8 heteroatoms. The molecule has 3 heterocycles. The average molecular weight is 418 g/mol. The summed E-state index contributed by atoms with van der Waals surface area (Å²) in [6.45, 7) is 3.77. The maximum atomic E-state index is 12.9. The molecule has 0 saturated carbocycles. The quantitative estimate of drug-likeness (QED) is 0.613. The second-order valence-electron chi connectivity index (χ2n) is 6.50. The zero-order valence-corrected chi connectivity index (χ0v) is 16.8. The van der Waals surface area contributed by atoms with Crippen molar-refractivity contribution in [3.05, 3.63) is 58.0 Å². The lowest BCUT2D eigenvalue weighted by molar-refractivity contribution is -0.135. The van der Waals surface area contributed by atoms with Gasteiger partial charge in [-0.05, 0) is 35.7 Å².